The van der Waals surface area contributed by atoms with Crippen LogP contribution < -0.4 is 9.63 Å². The van der Waals surface area contributed by atoms with Crippen LogP contribution in [0.4, 0.5) is 16.5 Å². The van der Waals surface area contributed by atoms with E-state index >= 15 is 0 Å². The Morgan fingerprint density at radius 2 is 1.74 bits per heavy atom. The average Bonchev–Trinajstić information content (AvgIpc) is 2.64. The summed E-state index contributed by atoms with van der Waals surface area (Å²) in [7, 11) is 3.96. The van der Waals surface area contributed by atoms with Gasteiger partial charge < -0.3 is 10.1 Å². The van der Waals surface area contributed by atoms with E-state index in [1.165, 1.54) is 11.3 Å². The van der Waals surface area contributed by atoms with Crippen LogP contribution in [0, 0.1) is 19.1 Å². The number of hydrogen-bond acceptors (Lipinski definition) is 5. The summed E-state index contributed by atoms with van der Waals surface area (Å²) in [4.78, 5) is 2.98. The Labute approximate surface area is 116 Å². The number of aryl methyl sites for hydroxylation is 1. The van der Waals surface area contributed by atoms with Crippen molar-refractivity contribution in [1.29, 1.82) is 0 Å². The topological polar surface area (TPSA) is 54.9 Å². The van der Waals surface area contributed by atoms with Crippen molar-refractivity contribution in [2.75, 3.05) is 19.0 Å². The fourth-order valence-corrected chi connectivity index (χ4v) is 2.32. The van der Waals surface area contributed by atoms with Crippen LogP contribution in [-0.2, 0) is 0 Å². The fraction of sp³-hybridized carbons (Fsp3) is 0.308. The molecule has 2 aromatic rings. The van der Waals surface area contributed by atoms with E-state index in [1.807, 2.05) is 50.2 Å². The lowest BCUT2D eigenvalue weighted by Crippen LogP contribution is -2.26. The van der Waals surface area contributed by atoms with Crippen molar-refractivity contribution in [3.8, 4) is 0 Å². The first kappa shape index (κ1) is 13.5. The number of aromatic nitrogens is 1. The summed E-state index contributed by atoms with van der Waals surface area (Å²) >= 11 is 1.35. The Balaban J connectivity index is 2.20. The van der Waals surface area contributed by atoms with Gasteiger partial charge in [0, 0.05) is 19.8 Å². The normalized spacial score (nSPS) is 11.2. The molecule has 1 heterocycles. The molecule has 0 amide bonds. The van der Waals surface area contributed by atoms with Crippen LogP contribution in [0.1, 0.15) is 10.6 Å². The second-order valence-corrected chi connectivity index (χ2v) is 5.61. The van der Waals surface area contributed by atoms with Gasteiger partial charge in [0.15, 0.2) is 0 Å². The third kappa shape index (κ3) is 2.90. The zero-order chi connectivity index (χ0) is 14.0. The van der Waals surface area contributed by atoms with E-state index in [0.717, 1.165) is 21.0 Å². The molecule has 0 atom stereocenters. The SMILES string of the molecule is Cc1sc(N=Nc2ccc(N(C)C)cc2)[n+]([O-])c1C. The molecule has 19 heavy (non-hydrogen) atoms. The molecule has 0 aliphatic heterocycles. The molecule has 0 saturated heterocycles. The Morgan fingerprint density at radius 3 is 2.21 bits per heavy atom. The van der Waals surface area contributed by atoms with E-state index in [-0.39, 0.29) is 0 Å². The molecule has 0 unspecified atom stereocenters. The molecule has 0 fully saturated rings. The second kappa shape index (κ2) is 5.36. The quantitative estimate of drug-likeness (QED) is 0.489. The van der Waals surface area contributed by atoms with Crippen molar-refractivity contribution >= 4 is 27.8 Å². The molecule has 100 valence electrons. The number of nitrogens with zero attached hydrogens (tertiary/aromatic N) is 4. The van der Waals surface area contributed by atoms with Gasteiger partial charge >= 0.3 is 5.13 Å². The largest absolute Gasteiger partial charge is 0.710 e. The minimum absolute atomic E-state index is 0.367. The maximum absolute atomic E-state index is 11.7. The molecule has 0 N–H and O–H groups in total. The first-order chi connectivity index (χ1) is 8.99. The van der Waals surface area contributed by atoms with Gasteiger partial charge in [-0.25, -0.2) is 4.73 Å². The van der Waals surface area contributed by atoms with Crippen LogP contribution >= 0.6 is 11.3 Å². The van der Waals surface area contributed by atoms with Gasteiger partial charge in [0.1, 0.15) is 11.4 Å². The lowest BCUT2D eigenvalue weighted by atomic mass is 10.3. The molecule has 0 saturated carbocycles. The zero-order valence-corrected chi connectivity index (χ0v) is 12.2. The van der Waals surface area contributed by atoms with Gasteiger partial charge in [-0.2, -0.15) is 0 Å². The molecule has 0 radical (unpaired) electrons. The monoisotopic (exact) mass is 276 g/mol. The molecular weight excluding hydrogens is 260 g/mol. The predicted octanol–water partition coefficient (Wildman–Crippen LogP) is 3.48. The van der Waals surface area contributed by atoms with Crippen molar-refractivity contribution in [3.63, 3.8) is 0 Å². The molecule has 0 spiro atoms. The lowest BCUT2D eigenvalue weighted by molar-refractivity contribution is -0.594. The van der Waals surface area contributed by atoms with E-state index in [1.54, 1.807) is 6.92 Å². The minimum Gasteiger partial charge on any atom is -0.710 e. The maximum Gasteiger partial charge on any atom is 0.411 e. The third-order valence-corrected chi connectivity index (χ3v) is 3.88. The van der Waals surface area contributed by atoms with Crippen LogP contribution in [0.2, 0.25) is 0 Å². The fourth-order valence-electron chi connectivity index (χ4n) is 1.52. The van der Waals surface area contributed by atoms with Gasteiger partial charge in [-0.05, 0) is 54.6 Å². The van der Waals surface area contributed by atoms with E-state index in [2.05, 4.69) is 10.2 Å². The standard InChI is InChI=1S/C13H16N4OS/c1-9-10(2)19-13(17(9)18)15-14-11-5-7-12(8-6-11)16(3)4/h5-8H,1-4H3. The Bertz CT molecular complexity index is 602. The number of hydrogen-bond donors (Lipinski definition) is 0. The van der Waals surface area contributed by atoms with Crippen molar-refractivity contribution in [2.45, 2.75) is 13.8 Å². The van der Waals surface area contributed by atoms with Crippen LogP contribution in [0.15, 0.2) is 34.5 Å². The van der Waals surface area contributed by atoms with Gasteiger partial charge in [-0.15, -0.1) is 0 Å². The molecule has 5 nitrogen and oxygen atoms in total. The van der Waals surface area contributed by atoms with Gasteiger partial charge in [-0.3, -0.25) is 0 Å². The van der Waals surface area contributed by atoms with Crippen LogP contribution in [0.3, 0.4) is 0 Å². The average molecular weight is 276 g/mol. The molecule has 0 aliphatic rings. The predicted molar refractivity (Wildman–Crippen MR) is 77.7 cm³/mol. The first-order valence-electron chi connectivity index (χ1n) is 5.87. The summed E-state index contributed by atoms with van der Waals surface area (Å²) in [6.45, 7) is 3.68. The Kier molecular flexibility index (Phi) is 3.80. The molecule has 1 aromatic carbocycles. The molecule has 2 rings (SSSR count). The minimum atomic E-state index is 0.367. The number of anilines is 1. The summed E-state index contributed by atoms with van der Waals surface area (Å²) in [6.07, 6.45) is 0. The van der Waals surface area contributed by atoms with Gasteiger partial charge in [0.2, 0.25) is 0 Å². The molecule has 0 bridgehead atoms. The van der Waals surface area contributed by atoms with Crippen LogP contribution in [0.25, 0.3) is 0 Å². The van der Waals surface area contributed by atoms with E-state index in [4.69, 9.17) is 0 Å². The molecule has 1 aromatic heterocycles. The molecule has 6 heteroatoms. The Morgan fingerprint density at radius 1 is 1.11 bits per heavy atom. The summed E-state index contributed by atoms with van der Waals surface area (Å²) in [5, 5.41) is 20.2. The highest BCUT2D eigenvalue weighted by molar-refractivity contribution is 7.14. The van der Waals surface area contributed by atoms with Gasteiger partial charge in [-0.1, -0.05) is 0 Å². The van der Waals surface area contributed by atoms with E-state index in [9.17, 15) is 5.21 Å². The van der Waals surface area contributed by atoms with E-state index in [0.29, 0.717) is 10.8 Å². The number of rotatable bonds is 3. The summed E-state index contributed by atoms with van der Waals surface area (Å²) in [6, 6.07) is 7.68. The number of azo groups is 1. The summed E-state index contributed by atoms with van der Waals surface area (Å²) in [5.41, 5.74) is 2.51. The smallest absolute Gasteiger partial charge is 0.411 e. The molecule has 0 aliphatic carbocycles. The number of thiazole rings is 1. The Hall–Kier alpha value is -1.95. The summed E-state index contributed by atoms with van der Waals surface area (Å²) < 4.78 is 0.817. The zero-order valence-electron chi connectivity index (χ0n) is 11.4. The molecular formula is C13H16N4OS. The van der Waals surface area contributed by atoms with Gasteiger partial charge in [0.25, 0.3) is 0 Å². The number of benzene rings is 1. The van der Waals surface area contributed by atoms with Crippen molar-refractivity contribution in [2.24, 2.45) is 10.2 Å². The van der Waals surface area contributed by atoms with Crippen molar-refractivity contribution < 1.29 is 4.73 Å². The van der Waals surface area contributed by atoms with Crippen molar-refractivity contribution in [1.82, 2.24) is 0 Å². The van der Waals surface area contributed by atoms with Crippen molar-refractivity contribution in [3.05, 3.63) is 40.0 Å². The lowest BCUT2D eigenvalue weighted by Gasteiger charge is -2.11. The van der Waals surface area contributed by atoms with E-state index < -0.39 is 0 Å². The third-order valence-electron chi connectivity index (χ3n) is 2.85. The highest BCUT2D eigenvalue weighted by atomic mass is 32.1. The first-order valence-corrected chi connectivity index (χ1v) is 6.69. The second-order valence-electron chi connectivity index (χ2n) is 4.43. The van der Waals surface area contributed by atoms with Crippen LogP contribution in [0.5, 0.6) is 0 Å². The summed E-state index contributed by atoms with van der Waals surface area (Å²) in [5.74, 6) is 0. The highest BCUT2D eigenvalue weighted by Crippen LogP contribution is 2.25. The van der Waals surface area contributed by atoms with Gasteiger partial charge in [0.05, 0.1) is 9.99 Å². The maximum atomic E-state index is 11.7. The highest BCUT2D eigenvalue weighted by Gasteiger charge is 2.14. The van der Waals surface area contributed by atoms with Crippen LogP contribution in [-0.4, -0.2) is 14.1 Å².